The molecule has 0 aliphatic carbocycles. The van der Waals surface area contributed by atoms with Gasteiger partial charge in [-0.3, -0.25) is 0 Å². The van der Waals surface area contributed by atoms with E-state index >= 15 is 0 Å². The highest BCUT2D eigenvalue weighted by Gasteiger charge is 2.26. The molecule has 0 unspecified atom stereocenters. The summed E-state index contributed by atoms with van der Waals surface area (Å²) < 4.78 is 1.88. The maximum atomic E-state index is 9.09. The van der Waals surface area contributed by atoms with Crippen LogP contribution in [0.4, 0.5) is 5.82 Å². The van der Waals surface area contributed by atoms with Gasteiger partial charge in [-0.25, -0.2) is 0 Å². The van der Waals surface area contributed by atoms with Crippen LogP contribution in [0.15, 0.2) is 0 Å². The van der Waals surface area contributed by atoms with E-state index in [4.69, 9.17) is 16.3 Å². The number of aromatic nitrogens is 1. The first-order valence-electron chi connectivity index (χ1n) is 5.22. The first-order valence-corrected chi connectivity index (χ1v) is 5.22. The third kappa shape index (κ3) is 1.63. The Hall–Kier alpha value is -1.94. The lowest BCUT2D eigenvalue weighted by molar-refractivity contribution is 0.392. The van der Waals surface area contributed by atoms with E-state index in [9.17, 15) is 0 Å². The summed E-state index contributed by atoms with van der Waals surface area (Å²) in [6, 6.07) is 4.09. The summed E-state index contributed by atoms with van der Waals surface area (Å²) in [5, 5.41) is 18.1. The predicted octanol–water partition coefficient (Wildman–Crippen LogP) is 2.13. The highest BCUT2D eigenvalue weighted by atomic mass is 15.1. The Morgan fingerprint density at radius 2 is 1.69 bits per heavy atom. The van der Waals surface area contributed by atoms with Gasteiger partial charge in [-0.15, -0.1) is 0 Å². The lowest BCUT2D eigenvalue weighted by atomic mass is 10.1. The number of nitriles is 2. The summed E-state index contributed by atoms with van der Waals surface area (Å²) in [6.45, 7) is 7.97. The molecule has 2 N–H and O–H groups in total. The molecule has 1 rings (SSSR count). The summed E-state index contributed by atoms with van der Waals surface area (Å²) >= 11 is 0. The van der Waals surface area contributed by atoms with Crippen molar-refractivity contribution in [2.45, 2.75) is 39.7 Å². The van der Waals surface area contributed by atoms with E-state index in [1.807, 2.05) is 38.3 Å². The number of hydrogen-bond donors (Lipinski definition) is 1. The molecular formula is C12H16N4. The molecule has 0 aliphatic heterocycles. The Labute approximate surface area is 95.9 Å². The Kier molecular flexibility index (Phi) is 2.96. The van der Waals surface area contributed by atoms with Gasteiger partial charge < -0.3 is 10.3 Å². The number of hydrogen-bond acceptors (Lipinski definition) is 3. The van der Waals surface area contributed by atoms with Gasteiger partial charge in [-0.1, -0.05) is 6.92 Å². The summed E-state index contributed by atoms with van der Waals surface area (Å²) in [6.07, 6.45) is 0.687. The topological polar surface area (TPSA) is 78.5 Å². The normalized spacial score (nSPS) is 10.9. The molecule has 0 aromatic carbocycles. The molecule has 0 spiro atoms. The fourth-order valence-electron chi connectivity index (χ4n) is 1.98. The molecule has 0 saturated carbocycles. The molecule has 0 fully saturated rings. The van der Waals surface area contributed by atoms with Gasteiger partial charge in [0.2, 0.25) is 0 Å². The lowest BCUT2D eigenvalue weighted by Crippen LogP contribution is -2.25. The molecule has 84 valence electrons. The second-order valence-electron chi connectivity index (χ2n) is 4.67. The smallest absolute Gasteiger partial charge is 0.123 e. The molecule has 0 bridgehead atoms. The Morgan fingerprint density at radius 3 is 2.00 bits per heavy atom. The average molecular weight is 216 g/mol. The van der Waals surface area contributed by atoms with Gasteiger partial charge in [0.05, 0.1) is 5.56 Å². The highest BCUT2D eigenvalue weighted by Crippen LogP contribution is 2.31. The first kappa shape index (κ1) is 12.1. The zero-order valence-electron chi connectivity index (χ0n) is 10.1. The van der Waals surface area contributed by atoms with E-state index < -0.39 is 0 Å². The number of rotatable bonds is 1. The molecule has 0 amide bonds. The minimum Gasteiger partial charge on any atom is -0.384 e. The van der Waals surface area contributed by atoms with E-state index in [1.54, 1.807) is 0 Å². The fourth-order valence-corrected chi connectivity index (χ4v) is 1.98. The molecule has 0 atom stereocenters. The standard InChI is InChI=1S/C12H16N4/c1-5-10-8(6-13)9(7-14)11(15)16(10)12(2,3)4/h5,15H2,1-4H3. The second-order valence-corrected chi connectivity index (χ2v) is 4.67. The van der Waals surface area contributed by atoms with Crippen molar-refractivity contribution < 1.29 is 0 Å². The average Bonchev–Trinajstić information content (AvgIpc) is 2.48. The van der Waals surface area contributed by atoms with Crippen LogP contribution in [0.25, 0.3) is 0 Å². The zero-order chi connectivity index (χ0) is 12.5. The minimum absolute atomic E-state index is 0.226. The second kappa shape index (κ2) is 3.90. The van der Waals surface area contributed by atoms with Crippen LogP contribution in [0, 0.1) is 22.7 Å². The van der Waals surface area contributed by atoms with Crippen LogP contribution in [0.2, 0.25) is 0 Å². The van der Waals surface area contributed by atoms with Crippen molar-refractivity contribution in [3.05, 3.63) is 16.8 Å². The Morgan fingerprint density at radius 1 is 1.19 bits per heavy atom. The molecule has 0 radical (unpaired) electrons. The van der Waals surface area contributed by atoms with E-state index in [-0.39, 0.29) is 5.54 Å². The van der Waals surface area contributed by atoms with Crippen molar-refractivity contribution in [2.75, 3.05) is 5.73 Å². The quantitative estimate of drug-likeness (QED) is 0.781. The first-order chi connectivity index (χ1) is 7.38. The highest BCUT2D eigenvalue weighted by molar-refractivity contribution is 5.63. The summed E-state index contributed by atoms with van der Waals surface area (Å²) in [7, 11) is 0. The van der Waals surface area contributed by atoms with Crippen LogP contribution in [0.3, 0.4) is 0 Å². The van der Waals surface area contributed by atoms with Gasteiger partial charge >= 0.3 is 0 Å². The van der Waals surface area contributed by atoms with E-state index in [0.29, 0.717) is 23.4 Å². The number of anilines is 1. The third-order valence-corrected chi connectivity index (χ3v) is 2.53. The van der Waals surface area contributed by atoms with Gasteiger partial charge in [0.1, 0.15) is 23.5 Å². The SMILES string of the molecule is CCc1c(C#N)c(C#N)c(N)n1C(C)(C)C. The lowest BCUT2D eigenvalue weighted by Gasteiger charge is -2.25. The van der Waals surface area contributed by atoms with Crippen molar-refractivity contribution in [1.82, 2.24) is 4.57 Å². The van der Waals surface area contributed by atoms with Crippen molar-refractivity contribution in [3.63, 3.8) is 0 Å². The van der Waals surface area contributed by atoms with Crippen molar-refractivity contribution in [1.29, 1.82) is 10.5 Å². The molecule has 16 heavy (non-hydrogen) atoms. The van der Waals surface area contributed by atoms with Gasteiger partial charge in [-0.2, -0.15) is 10.5 Å². The van der Waals surface area contributed by atoms with E-state index in [1.165, 1.54) is 0 Å². The van der Waals surface area contributed by atoms with Crippen LogP contribution in [-0.2, 0) is 12.0 Å². The molecule has 4 nitrogen and oxygen atoms in total. The predicted molar refractivity (Wildman–Crippen MR) is 62.6 cm³/mol. The maximum absolute atomic E-state index is 9.09. The summed E-state index contributed by atoms with van der Waals surface area (Å²) in [5.74, 6) is 0.392. The summed E-state index contributed by atoms with van der Waals surface area (Å²) in [4.78, 5) is 0. The molecule has 0 aliphatic rings. The van der Waals surface area contributed by atoms with Crippen LogP contribution >= 0.6 is 0 Å². The fraction of sp³-hybridized carbons (Fsp3) is 0.500. The zero-order valence-corrected chi connectivity index (χ0v) is 10.1. The molecule has 1 aromatic rings. The van der Waals surface area contributed by atoms with Crippen LogP contribution < -0.4 is 5.73 Å². The van der Waals surface area contributed by atoms with E-state index in [0.717, 1.165) is 5.69 Å². The van der Waals surface area contributed by atoms with Crippen molar-refractivity contribution in [3.8, 4) is 12.1 Å². The molecule has 0 saturated heterocycles. The molecular weight excluding hydrogens is 200 g/mol. The monoisotopic (exact) mass is 216 g/mol. The van der Waals surface area contributed by atoms with E-state index in [2.05, 4.69) is 6.07 Å². The number of nitrogens with two attached hydrogens (primary N) is 1. The van der Waals surface area contributed by atoms with Gasteiger partial charge in [-0.05, 0) is 27.2 Å². The van der Waals surface area contributed by atoms with Gasteiger partial charge in [0.15, 0.2) is 0 Å². The molecule has 1 aromatic heterocycles. The molecule has 1 heterocycles. The van der Waals surface area contributed by atoms with Crippen molar-refractivity contribution in [2.24, 2.45) is 0 Å². The van der Waals surface area contributed by atoms with Gasteiger partial charge in [0, 0.05) is 11.2 Å². The Bertz CT molecular complexity index is 489. The van der Waals surface area contributed by atoms with Crippen LogP contribution in [0.5, 0.6) is 0 Å². The summed E-state index contributed by atoms with van der Waals surface area (Å²) in [5.41, 5.74) is 7.27. The van der Waals surface area contributed by atoms with Crippen molar-refractivity contribution >= 4 is 5.82 Å². The van der Waals surface area contributed by atoms with Gasteiger partial charge in [0.25, 0.3) is 0 Å². The number of nitrogen functional groups attached to an aromatic ring is 1. The Balaban J connectivity index is 3.71. The minimum atomic E-state index is -0.226. The molecule has 4 heteroatoms. The maximum Gasteiger partial charge on any atom is 0.123 e. The largest absolute Gasteiger partial charge is 0.384 e. The van der Waals surface area contributed by atoms with Crippen LogP contribution in [-0.4, -0.2) is 4.57 Å². The number of nitrogens with zero attached hydrogens (tertiary/aromatic N) is 3. The van der Waals surface area contributed by atoms with Crippen LogP contribution in [0.1, 0.15) is 44.5 Å². The third-order valence-electron chi connectivity index (χ3n) is 2.53.